The zero-order chi connectivity index (χ0) is 34.8. The molecule has 1 atom stereocenters. The minimum absolute atomic E-state index is 0.0318. The van der Waals surface area contributed by atoms with E-state index in [0.29, 0.717) is 70.5 Å². The number of nitrogens with zero attached hydrogens (tertiary/aromatic N) is 1. The second kappa shape index (κ2) is 34.0. The molecule has 0 rings (SSSR count). The molecule has 0 spiro atoms. The van der Waals surface area contributed by atoms with Crippen LogP contribution in [0.15, 0.2) is 0 Å². The van der Waals surface area contributed by atoms with Crippen LogP contribution in [0.25, 0.3) is 0 Å². The highest BCUT2D eigenvalue weighted by atomic mass is 16.5. The van der Waals surface area contributed by atoms with E-state index in [2.05, 4.69) is 20.8 Å². The van der Waals surface area contributed by atoms with E-state index in [1.165, 1.54) is 108 Å². The third kappa shape index (κ3) is 31.1. The summed E-state index contributed by atoms with van der Waals surface area (Å²) in [5.41, 5.74) is 0. The van der Waals surface area contributed by atoms with Gasteiger partial charge in [0.15, 0.2) is 0 Å². The van der Waals surface area contributed by atoms with Gasteiger partial charge >= 0.3 is 11.9 Å². The average molecular weight is 666 g/mol. The SMILES string of the molecule is CCCCCCCCCCOC(=O)CN(C)C(=O)CCCCC(=O)CCCCC(=O)OCC(CCCCCC)CCCCCCCC. The summed E-state index contributed by atoms with van der Waals surface area (Å²) in [5, 5.41) is 0. The Kier molecular flexibility index (Phi) is 32.6. The van der Waals surface area contributed by atoms with Crippen molar-refractivity contribution in [3.63, 3.8) is 0 Å². The molecule has 0 saturated heterocycles. The number of carbonyl (C=O) groups excluding carboxylic acids is 4. The maximum Gasteiger partial charge on any atom is 0.325 e. The molecule has 0 N–H and O–H groups in total. The van der Waals surface area contributed by atoms with Crippen LogP contribution in [-0.2, 0) is 28.7 Å². The lowest BCUT2D eigenvalue weighted by Crippen LogP contribution is -2.33. The molecule has 7 nitrogen and oxygen atoms in total. The fourth-order valence-corrected chi connectivity index (χ4v) is 5.92. The van der Waals surface area contributed by atoms with Gasteiger partial charge in [0.25, 0.3) is 0 Å². The average Bonchev–Trinajstić information content (AvgIpc) is 3.06. The number of hydrogen-bond acceptors (Lipinski definition) is 6. The smallest absolute Gasteiger partial charge is 0.325 e. The zero-order valence-corrected chi connectivity index (χ0v) is 31.4. The third-order valence-corrected chi connectivity index (χ3v) is 9.15. The minimum atomic E-state index is -0.363. The van der Waals surface area contributed by atoms with E-state index in [9.17, 15) is 19.2 Å². The van der Waals surface area contributed by atoms with Crippen molar-refractivity contribution in [1.29, 1.82) is 0 Å². The summed E-state index contributed by atoms with van der Waals surface area (Å²) in [4.78, 5) is 50.5. The first kappa shape index (κ1) is 45.1. The van der Waals surface area contributed by atoms with Crippen LogP contribution < -0.4 is 0 Å². The Hall–Kier alpha value is -1.92. The summed E-state index contributed by atoms with van der Waals surface area (Å²) >= 11 is 0. The molecular weight excluding hydrogens is 590 g/mol. The van der Waals surface area contributed by atoms with Crippen LogP contribution in [0.5, 0.6) is 0 Å². The summed E-state index contributed by atoms with van der Waals surface area (Å²) in [6.07, 6.45) is 28.7. The number of likely N-dealkylation sites (N-methyl/N-ethyl adjacent to an activating group) is 1. The Morgan fingerprint density at radius 3 is 1.49 bits per heavy atom. The molecule has 276 valence electrons. The molecule has 0 fully saturated rings. The quantitative estimate of drug-likeness (QED) is 0.0494. The predicted octanol–water partition coefficient (Wildman–Crippen LogP) is 10.7. The molecule has 0 bridgehead atoms. The second-order valence-corrected chi connectivity index (χ2v) is 13.9. The van der Waals surface area contributed by atoms with Gasteiger partial charge in [0.05, 0.1) is 13.2 Å². The Balaban J connectivity index is 3.94. The van der Waals surface area contributed by atoms with Gasteiger partial charge in [-0.3, -0.25) is 19.2 Å². The molecule has 0 aromatic heterocycles. The van der Waals surface area contributed by atoms with E-state index in [1.807, 2.05) is 0 Å². The van der Waals surface area contributed by atoms with Crippen molar-refractivity contribution < 1.29 is 28.7 Å². The van der Waals surface area contributed by atoms with E-state index >= 15 is 0 Å². The monoisotopic (exact) mass is 666 g/mol. The largest absolute Gasteiger partial charge is 0.465 e. The van der Waals surface area contributed by atoms with Gasteiger partial charge in [0, 0.05) is 32.7 Å². The van der Waals surface area contributed by atoms with Crippen LogP contribution in [0.1, 0.15) is 201 Å². The highest BCUT2D eigenvalue weighted by Gasteiger charge is 2.15. The predicted molar refractivity (Wildman–Crippen MR) is 194 cm³/mol. The maximum atomic E-state index is 12.4. The number of Topliss-reactive ketones (excluding diaryl/α,β-unsaturated/α-hetero) is 1. The lowest BCUT2D eigenvalue weighted by Gasteiger charge is -2.17. The molecule has 0 aliphatic heterocycles. The van der Waals surface area contributed by atoms with Crippen molar-refractivity contribution in [3.8, 4) is 0 Å². The van der Waals surface area contributed by atoms with Gasteiger partial charge in [-0.1, -0.05) is 130 Å². The molecule has 0 aliphatic rings. The molecule has 1 unspecified atom stereocenters. The van der Waals surface area contributed by atoms with Gasteiger partial charge in [-0.2, -0.15) is 0 Å². The standard InChI is InChI=1S/C40H75NO6/c1-5-8-11-14-16-17-19-26-33-46-40(45)34-41(4)38(43)31-24-22-29-37(42)30-23-25-32-39(44)47-35-36(27-20-13-10-7-3)28-21-18-15-12-9-6-2/h36H,5-35H2,1-4H3. The minimum Gasteiger partial charge on any atom is -0.465 e. The first-order valence-electron chi connectivity index (χ1n) is 19.9. The van der Waals surface area contributed by atoms with Crippen LogP contribution in [0, 0.1) is 5.92 Å². The van der Waals surface area contributed by atoms with Crippen molar-refractivity contribution in [2.75, 3.05) is 26.8 Å². The van der Waals surface area contributed by atoms with Crippen LogP contribution in [0.2, 0.25) is 0 Å². The molecular formula is C40H75NO6. The summed E-state index contributed by atoms with van der Waals surface area (Å²) in [7, 11) is 1.62. The van der Waals surface area contributed by atoms with Crippen molar-refractivity contribution >= 4 is 23.6 Å². The third-order valence-electron chi connectivity index (χ3n) is 9.15. The number of hydrogen-bond donors (Lipinski definition) is 0. The number of ketones is 1. The van der Waals surface area contributed by atoms with Crippen LogP contribution in [-0.4, -0.2) is 55.3 Å². The summed E-state index contributed by atoms with van der Waals surface area (Å²) in [5.74, 6) is 0.0374. The van der Waals surface area contributed by atoms with E-state index in [-0.39, 0.29) is 30.2 Å². The molecule has 0 radical (unpaired) electrons. The van der Waals surface area contributed by atoms with Crippen molar-refractivity contribution in [2.24, 2.45) is 5.92 Å². The van der Waals surface area contributed by atoms with E-state index < -0.39 is 0 Å². The first-order valence-corrected chi connectivity index (χ1v) is 19.9. The highest BCUT2D eigenvalue weighted by Crippen LogP contribution is 2.20. The fourth-order valence-electron chi connectivity index (χ4n) is 5.92. The van der Waals surface area contributed by atoms with Crippen LogP contribution in [0.4, 0.5) is 0 Å². The topological polar surface area (TPSA) is 90.0 Å². The molecule has 1 amide bonds. The van der Waals surface area contributed by atoms with Gasteiger partial charge in [0.1, 0.15) is 12.3 Å². The maximum absolute atomic E-state index is 12.4. The summed E-state index contributed by atoms with van der Waals surface area (Å²) < 4.78 is 11.0. The molecule has 7 heteroatoms. The molecule has 0 aromatic carbocycles. The molecule has 0 aromatic rings. The fraction of sp³-hybridized carbons (Fsp3) is 0.900. The number of esters is 2. The Morgan fingerprint density at radius 1 is 0.489 bits per heavy atom. The lowest BCUT2D eigenvalue weighted by atomic mass is 9.95. The normalized spacial score (nSPS) is 11.7. The van der Waals surface area contributed by atoms with E-state index in [1.54, 1.807) is 7.05 Å². The number of ether oxygens (including phenoxy) is 2. The second-order valence-electron chi connectivity index (χ2n) is 13.9. The molecule has 0 heterocycles. The lowest BCUT2D eigenvalue weighted by molar-refractivity contribution is -0.148. The number of carbonyl (C=O) groups is 4. The highest BCUT2D eigenvalue weighted by molar-refractivity contribution is 5.82. The van der Waals surface area contributed by atoms with Crippen molar-refractivity contribution in [2.45, 2.75) is 201 Å². The number of amides is 1. The van der Waals surface area contributed by atoms with Gasteiger partial charge < -0.3 is 14.4 Å². The van der Waals surface area contributed by atoms with Gasteiger partial charge in [-0.25, -0.2) is 0 Å². The molecule has 0 saturated carbocycles. The first-order chi connectivity index (χ1) is 22.8. The van der Waals surface area contributed by atoms with Gasteiger partial charge in [0.2, 0.25) is 5.91 Å². The van der Waals surface area contributed by atoms with Crippen molar-refractivity contribution in [3.05, 3.63) is 0 Å². The Bertz CT molecular complexity index is 770. The van der Waals surface area contributed by atoms with E-state index in [0.717, 1.165) is 25.7 Å². The Labute approximate surface area is 290 Å². The summed E-state index contributed by atoms with van der Waals surface area (Å²) in [6.45, 7) is 7.61. The number of rotatable bonds is 35. The summed E-state index contributed by atoms with van der Waals surface area (Å²) in [6, 6.07) is 0. The van der Waals surface area contributed by atoms with Crippen LogP contribution >= 0.6 is 0 Å². The van der Waals surface area contributed by atoms with Crippen molar-refractivity contribution in [1.82, 2.24) is 4.90 Å². The van der Waals surface area contributed by atoms with Gasteiger partial charge in [-0.05, 0) is 50.9 Å². The Morgan fingerprint density at radius 2 is 0.936 bits per heavy atom. The zero-order valence-electron chi connectivity index (χ0n) is 31.4. The molecule has 0 aliphatic carbocycles. The molecule has 47 heavy (non-hydrogen) atoms. The van der Waals surface area contributed by atoms with E-state index in [4.69, 9.17) is 9.47 Å². The van der Waals surface area contributed by atoms with Crippen LogP contribution in [0.3, 0.4) is 0 Å². The van der Waals surface area contributed by atoms with Gasteiger partial charge in [-0.15, -0.1) is 0 Å². The number of unbranched alkanes of at least 4 members (excludes halogenated alkanes) is 17.